The zero-order chi connectivity index (χ0) is 14.6. The van der Waals surface area contributed by atoms with Crippen molar-refractivity contribution in [2.24, 2.45) is 0 Å². The zero-order valence-corrected chi connectivity index (χ0v) is 11.2. The fraction of sp³-hybridized carbons (Fsp3) is 0.364. The minimum atomic E-state index is -1.54. The lowest BCUT2D eigenvalue weighted by molar-refractivity contribution is -0.384. The van der Waals surface area contributed by atoms with E-state index in [4.69, 9.17) is 5.11 Å². The summed E-state index contributed by atoms with van der Waals surface area (Å²) in [5.74, 6) is -1.86. The monoisotopic (exact) mass is 288 g/mol. The largest absolute Gasteiger partial charge is 0.478 e. The van der Waals surface area contributed by atoms with Crippen LogP contribution in [0.2, 0.25) is 0 Å². The highest BCUT2D eigenvalue weighted by atomic mass is 32.2. The molecule has 0 aliphatic rings. The van der Waals surface area contributed by atoms with E-state index >= 15 is 0 Å². The van der Waals surface area contributed by atoms with Crippen molar-refractivity contribution in [3.63, 3.8) is 0 Å². The van der Waals surface area contributed by atoms with E-state index in [1.54, 1.807) is 6.92 Å². The Morgan fingerprint density at radius 1 is 1.63 bits per heavy atom. The molecular weight excluding hydrogens is 275 g/mol. The first-order chi connectivity index (χ1) is 8.86. The molecule has 1 atom stereocenters. The van der Waals surface area contributed by atoms with Crippen molar-refractivity contribution in [2.75, 3.05) is 17.3 Å². The number of carboxylic acid groups (broad SMARTS) is 1. The molecule has 0 aliphatic carbocycles. The molecule has 0 spiro atoms. The van der Waals surface area contributed by atoms with Crippen molar-refractivity contribution < 1.29 is 19.2 Å². The average molecular weight is 288 g/mol. The van der Waals surface area contributed by atoms with Gasteiger partial charge in [0.05, 0.1) is 4.92 Å². The van der Waals surface area contributed by atoms with E-state index in [1.807, 2.05) is 6.26 Å². The van der Waals surface area contributed by atoms with E-state index < -0.39 is 28.0 Å². The van der Waals surface area contributed by atoms with Crippen LogP contribution in [0.25, 0.3) is 0 Å². The van der Waals surface area contributed by atoms with Gasteiger partial charge in [-0.05, 0) is 13.2 Å². The Bertz CT molecular complexity index is 510. The SMILES string of the molecule is CSCC(C)Nc1cc(F)c(C(=O)O)cc1[N+](=O)[O-]. The first kappa shape index (κ1) is 15.2. The predicted octanol–water partition coefficient (Wildman–Crippen LogP) is 2.60. The second-order valence-corrected chi connectivity index (χ2v) is 4.82. The van der Waals surface area contributed by atoms with Crippen molar-refractivity contribution >= 4 is 29.1 Å². The lowest BCUT2D eigenvalue weighted by Gasteiger charge is -2.14. The lowest BCUT2D eigenvalue weighted by Crippen LogP contribution is -2.19. The number of rotatable bonds is 6. The molecule has 0 saturated carbocycles. The summed E-state index contributed by atoms with van der Waals surface area (Å²) in [6, 6.07) is 1.47. The minimum absolute atomic E-state index is 0.0194. The number of hydrogen-bond acceptors (Lipinski definition) is 5. The van der Waals surface area contributed by atoms with Gasteiger partial charge in [-0.15, -0.1) is 0 Å². The van der Waals surface area contributed by atoms with Gasteiger partial charge in [0.1, 0.15) is 17.1 Å². The number of halogens is 1. The molecule has 0 aromatic heterocycles. The summed E-state index contributed by atoms with van der Waals surface area (Å²) in [5.41, 5.74) is -1.18. The van der Waals surface area contributed by atoms with E-state index in [0.29, 0.717) is 5.75 Å². The number of nitrogens with one attached hydrogen (secondary N) is 1. The van der Waals surface area contributed by atoms with Crippen LogP contribution in [0.5, 0.6) is 0 Å². The summed E-state index contributed by atoms with van der Waals surface area (Å²) < 4.78 is 13.5. The van der Waals surface area contributed by atoms with E-state index in [0.717, 1.165) is 12.1 Å². The molecule has 2 N–H and O–H groups in total. The Hall–Kier alpha value is -1.83. The first-order valence-electron chi connectivity index (χ1n) is 5.33. The molecule has 104 valence electrons. The number of benzene rings is 1. The number of hydrogen-bond donors (Lipinski definition) is 2. The van der Waals surface area contributed by atoms with Crippen molar-refractivity contribution in [3.8, 4) is 0 Å². The third kappa shape index (κ3) is 3.82. The molecule has 0 heterocycles. The normalized spacial score (nSPS) is 11.9. The Kier molecular flexibility index (Phi) is 5.11. The predicted molar refractivity (Wildman–Crippen MR) is 71.5 cm³/mol. The van der Waals surface area contributed by atoms with E-state index in [2.05, 4.69) is 5.32 Å². The van der Waals surface area contributed by atoms with Crippen LogP contribution < -0.4 is 5.32 Å². The second kappa shape index (κ2) is 6.37. The van der Waals surface area contributed by atoms with Crippen LogP contribution in [0.3, 0.4) is 0 Å². The minimum Gasteiger partial charge on any atom is -0.478 e. The van der Waals surface area contributed by atoms with Gasteiger partial charge in [0, 0.05) is 23.9 Å². The fourth-order valence-electron chi connectivity index (χ4n) is 1.55. The molecule has 0 aliphatic heterocycles. The van der Waals surface area contributed by atoms with Crippen molar-refractivity contribution in [3.05, 3.63) is 33.6 Å². The summed E-state index contributed by atoms with van der Waals surface area (Å²) in [4.78, 5) is 20.9. The topological polar surface area (TPSA) is 92.5 Å². The number of aromatic carboxylic acids is 1. The standard InChI is InChI=1S/C11H13FN2O4S/c1-6(5-19-2)13-9-4-8(12)7(11(15)16)3-10(9)14(17)18/h3-4,6,13H,5H2,1-2H3,(H,15,16). The maximum absolute atomic E-state index is 13.5. The Morgan fingerprint density at radius 3 is 2.74 bits per heavy atom. The number of thioether (sulfide) groups is 1. The number of carboxylic acids is 1. The zero-order valence-electron chi connectivity index (χ0n) is 10.3. The second-order valence-electron chi connectivity index (χ2n) is 3.91. The van der Waals surface area contributed by atoms with Crippen LogP contribution in [-0.2, 0) is 0 Å². The molecule has 0 saturated heterocycles. The summed E-state index contributed by atoms with van der Waals surface area (Å²) in [7, 11) is 0. The molecule has 1 unspecified atom stereocenters. The van der Waals surface area contributed by atoms with Crippen LogP contribution in [0.4, 0.5) is 15.8 Å². The van der Waals surface area contributed by atoms with Crippen molar-refractivity contribution in [1.82, 2.24) is 0 Å². The van der Waals surface area contributed by atoms with Gasteiger partial charge in [0.2, 0.25) is 0 Å². The smallest absolute Gasteiger partial charge is 0.338 e. The molecule has 0 bridgehead atoms. The highest BCUT2D eigenvalue weighted by Crippen LogP contribution is 2.28. The quantitative estimate of drug-likeness (QED) is 0.617. The highest BCUT2D eigenvalue weighted by molar-refractivity contribution is 7.98. The molecule has 8 heteroatoms. The number of anilines is 1. The Labute approximate surface area is 113 Å². The van der Waals surface area contributed by atoms with Crippen molar-refractivity contribution in [1.29, 1.82) is 0 Å². The molecule has 0 amide bonds. The van der Waals surface area contributed by atoms with E-state index in [9.17, 15) is 19.3 Å². The van der Waals surface area contributed by atoms with Gasteiger partial charge in [-0.2, -0.15) is 11.8 Å². The summed E-state index contributed by atoms with van der Waals surface area (Å²) in [5, 5.41) is 22.4. The Morgan fingerprint density at radius 2 is 2.26 bits per heavy atom. The van der Waals surface area contributed by atoms with Crippen LogP contribution >= 0.6 is 11.8 Å². The fourth-order valence-corrected chi connectivity index (χ4v) is 2.13. The van der Waals surface area contributed by atoms with Gasteiger partial charge in [-0.3, -0.25) is 10.1 Å². The molecule has 0 radical (unpaired) electrons. The number of carbonyl (C=O) groups is 1. The summed E-state index contributed by atoms with van der Waals surface area (Å²) in [6.07, 6.45) is 1.88. The molecular formula is C11H13FN2O4S. The molecule has 0 fully saturated rings. The Balaban J connectivity index is 3.19. The molecule has 6 nitrogen and oxygen atoms in total. The maximum atomic E-state index is 13.5. The molecule has 19 heavy (non-hydrogen) atoms. The van der Waals surface area contributed by atoms with Gasteiger partial charge >= 0.3 is 5.97 Å². The molecule has 1 aromatic carbocycles. The van der Waals surface area contributed by atoms with E-state index in [1.165, 1.54) is 11.8 Å². The number of nitro benzene ring substituents is 1. The van der Waals surface area contributed by atoms with Crippen LogP contribution in [0.1, 0.15) is 17.3 Å². The van der Waals surface area contributed by atoms with Gasteiger partial charge < -0.3 is 10.4 Å². The summed E-state index contributed by atoms with van der Waals surface area (Å²) >= 11 is 1.54. The van der Waals surface area contributed by atoms with Crippen LogP contribution in [-0.4, -0.2) is 34.0 Å². The third-order valence-corrected chi connectivity index (χ3v) is 3.16. The lowest BCUT2D eigenvalue weighted by atomic mass is 10.1. The third-order valence-electron chi connectivity index (χ3n) is 2.33. The molecule has 1 aromatic rings. The van der Waals surface area contributed by atoms with Crippen LogP contribution in [0.15, 0.2) is 12.1 Å². The van der Waals surface area contributed by atoms with Gasteiger partial charge in [-0.1, -0.05) is 0 Å². The van der Waals surface area contributed by atoms with Crippen LogP contribution in [0, 0.1) is 15.9 Å². The summed E-state index contributed by atoms with van der Waals surface area (Å²) in [6.45, 7) is 1.79. The van der Waals surface area contributed by atoms with Gasteiger partial charge in [-0.25, -0.2) is 9.18 Å². The average Bonchev–Trinajstić information content (AvgIpc) is 2.28. The van der Waals surface area contributed by atoms with Crippen molar-refractivity contribution in [2.45, 2.75) is 13.0 Å². The van der Waals surface area contributed by atoms with E-state index in [-0.39, 0.29) is 11.7 Å². The van der Waals surface area contributed by atoms with Gasteiger partial charge in [0.15, 0.2) is 0 Å². The number of nitro groups is 1. The van der Waals surface area contributed by atoms with Gasteiger partial charge in [0.25, 0.3) is 5.69 Å². The first-order valence-corrected chi connectivity index (χ1v) is 6.73. The molecule has 1 rings (SSSR count). The number of nitrogens with zero attached hydrogens (tertiary/aromatic N) is 1. The highest BCUT2D eigenvalue weighted by Gasteiger charge is 2.22. The maximum Gasteiger partial charge on any atom is 0.338 e.